The largest absolute Gasteiger partial charge is 0.465 e. The first-order valence-corrected chi connectivity index (χ1v) is 15.0. The molecule has 0 saturated carbocycles. The second-order valence-corrected chi connectivity index (χ2v) is 10.4. The number of benzene rings is 1. The monoisotopic (exact) mass is 510 g/mol. The normalized spacial score (nSPS) is 13.6. The Morgan fingerprint density at radius 2 is 1.14 bits per heavy atom. The first-order valence-electron chi connectivity index (χ1n) is 15.0. The maximum atomic E-state index is 13.4. The Balaban J connectivity index is 2.86. The molecule has 1 aliphatic rings. The molecule has 4 heteroatoms. The van der Waals surface area contributed by atoms with Crippen LogP contribution in [0.1, 0.15) is 133 Å². The number of esters is 2. The Morgan fingerprint density at radius 1 is 0.676 bits per heavy atom. The minimum absolute atomic E-state index is 0.248. The zero-order valence-corrected chi connectivity index (χ0v) is 24.4. The summed E-state index contributed by atoms with van der Waals surface area (Å²) in [5.74, 6) is 6.23. The fourth-order valence-corrected chi connectivity index (χ4v) is 5.51. The van der Waals surface area contributed by atoms with Crippen LogP contribution in [0, 0.1) is 17.3 Å². The van der Waals surface area contributed by atoms with Gasteiger partial charge in [-0.05, 0) is 86.6 Å². The standard InChI is InChI=1S/C33H50O4/c1-7-13-17-18-22-26-25(19-14-8-2)27(20-15-9-3)29-23-33(31(34)36-11-5,32(35)37-12-6)24-30(29)28(26)21-16-10-4/h7-17,19-21,23-24H2,1-6H3. The van der Waals surface area contributed by atoms with Crippen LogP contribution in [0.5, 0.6) is 0 Å². The van der Waals surface area contributed by atoms with E-state index in [4.69, 9.17) is 9.47 Å². The van der Waals surface area contributed by atoms with Crippen LogP contribution >= 0.6 is 0 Å². The van der Waals surface area contributed by atoms with E-state index < -0.39 is 17.4 Å². The summed E-state index contributed by atoms with van der Waals surface area (Å²) in [5, 5.41) is 0. The molecular weight excluding hydrogens is 460 g/mol. The highest BCUT2D eigenvalue weighted by Crippen LogP contribution is 2.46. The summed E-state index contributed by atoms with van der Waals surface area (Å²) in [5.41, 5.74) is 6.22. The van der Waals surface area contributed by atoms with Crippen molar-refractivity contribution in [3.8, 4) is 11.8 Å². The summed E-state index contributed by atoms with van der Waals surface area (Å²) in [6.45, 7) is 12.9. The lowest BCUT2D eigenvalue weighted by Gasteiger charge is -2.24. The molecule has 0 amide bonds. The highest BCUT2D eigenvalue weighted by Gasteiger charge is 2.54. The molecule has 0 spiro atoms. The molecule has 0 bridgehead atoms. The lowest BCUT2D eigenvalue weighted by molar-refractivity contribution is -0.171. The number of hydrogen-bond acceptors (Lipinski definition) is 4. The van der Waals surface area contributed by atoms with Gasteiger partial charge in [-0.15, -0.1) is 0 Å². The summed E-state index contributed by atoms with van der Waals surface area (Å²) in [4.78, 5) is 26.9. The van der Waals surface area contributed by atoms with Gasteiger partial charge in [0, 0.05) is 24.8 Å². The number of fused-ring (bicyclic) bond motifs is 1. The zero-order chi connectivity index (χ0) is 27.3. The van der Waals surface area contributed by atoms with Crippen molar-refractivity contribution in [2.24, 2.45) is 5.41 Å². The second-order valence-electron chi connectivity index (χ2n) is 10.4. The summed E-state index contributed by atoms with van der Waals surface area (Å²) < 4.78 is 11.0. The van der Waals surface area contributed by atoms with Crippen LogP contribution in [0.15, 0.2) is 0 Å². The molecule has 1 aromatic rings. The Hall–Kier alpha value is -2.28. The smallest absolute Gasteiger partial charge is 0.324 e. The average Bonchev–Trinajstić information content (AvgIpc) is 3.30. The molecule has 0 aromatic heterocycles. The number of hydrogen-bond donors (Lipinski definition) is 0. The Bertz CT molecular complexity index is 945. The number of carbonyl (C=O) groups excluding carboxylic acids is 2. The minimum atomic E-state index is -1.30. The van der Waals surface area contributed by atoms with Crippen LogP contribution < -0.4 is 0 Å². The van der Waals surface area contributed by atoms with Crippen molar-refractivity contribution in [3.05, 3.63) is 33.4 Å². The van der Waals surface area contributed by atoms with E-state index >= 15 is 0 Å². The van der Waals surface area contributed by atoms with Crippen molar-refractivity contribution in [3.63, 3.8) is 0 Å². The third-order valence-electron chi connectivity index (χ3n) is 7.56. The second kappa shape index (κ2) is 15.9. The van der Waals surface area contributed by atoms with Gasteiger partial charge in [-0.2, -0.15) is 0 Å². The van der Waals surface area contributed by atoms with E-state index in [1.54, 1.807) is 13.8 Å². The van der Waals surface area contributed by atoms with Crippen LogP contribution in [0.4, 0.5) is 0 Å². The molecule has 0 aliphatic heterocycles. The van der Waals surface area contributed by atoms with Gasteiger partial charge in [-0.1, -0.05) is 65.2 Å². The highest BCUT2D eigenvalue weighted by atomic mass is 16.6. The van der Waals surface area contributed by atoms with Gasteiger partial charge in [0.15, 0.2) is 5.41 Å². The summed E-state index contributed by atoms with van der Waals surface area (Å²) in [7, 11) is 0. The number of unbranched alkanes of at least 4 members (excludes halogenated alkanes) is 5. The first-order chi connectivity index (χ1) is 17.9. The van der Waals surface area contributed by atoms with Crippen molar-refractivity contribution in [2.45, 2.75) is 131 Å². The van der Waals surface area contributed by atoms with Crippen molar-refractivity contribution in [1.29, 1.82) is 0 Å². The predicted molar refractivity (Wildman–Crippen MR) is 152 cm³/mol. The Morgan fingerprint density at radius 3 is 1.62 bits per heavy atom. The SMILES string of the molecule is CCCCC#Cc1c(CCCC)c(CCCC)c2c(c1CCCC)CC(C(=O)OCC)(C(=O)OCC)C2. The van der Waals surface area contributed by atoms with Gasteiger partial charge in [-0.3, -0.25) is 9.59 Å². The van der Waals surface area contributed by atoms with E-state index in [-0.39, 0.29) is 13.2 Å². The van der Waals surface area contributed by atoms with Crippen molar-refractivity contribution in [1.82, 2.24) is 0 Å². The van der Waals surface area contributed by atoms with Crippen LogP contribution in [-0.4, -0.2) is 25.2 Å². The highest BCUT2D eigenvalue weighted by molar-refractivity contribution is 6.02. The topological polar surface area (TPSA) is 52.6 Å². The molecule has 0 N–H and O–H groups in total. The predicted octanol–water partition coefficient (Wildman–Crippen LogP) is 7.47. The summed E-state index contributed by atoms with van der Waals surface area (Å²) in [6, 6.07) is 0. The van der Waals surface area contributed by atoms with Gasteiger partial charge in [0.2, 0.25) is 0 Å². The molecule has 0 radical (unpaired) electrons. The molecule has 0 atom stereocenters. The van der Waals surface area contributed by atoms with Crippen LogP contribution in [-0.2, 0) is 51.2 Å². The van der Waals surface area contributed by atoms with Crippen molar-refractivity contribution in [2.75, 3.05) is 13.2 Å². The molecule has 0 fully saturated rings. The Labute approximate surface area is 226 Å². The molecule has 0 unspecified atom stereocenters. The van der Waals surface area contributed by atoms with Gasteiger partial charge >= 0.3 is 11.9 Å². The average molecular weight is 511 g/mol. The quantitative estimate of drug-likeness (QED) is 0.106. The van der Waals surface area contributed by atoms with Gasteiger partial charge in [0.05, 0.1) is 13.2 Å². The molecular formula is C33H50O4. The number of carbonyl (C=O) groups is 2. The van der Waals surface area contributed by atoms with Gasteiger partial charge in [0.1, 0.15) is 0 Å². The van der Waals surface area contributed by atoms with E-state index in [9.17, 15) is 9.59 Å². The number of rotatable bonds is 15. The fraction of sp³-hybridized carbons (Fsp3) is 0.697. The van der Waals surface area contributed by atoms with E-state index in [2.05, 4.69) is 39.5 Å². The van der Waals surface area contributed by atoms with Gasteiger partial charge in [-0.25, -0.2) is 0 Å². The Kier molecular flexibility index (Phi) is 13.3. The first kappa shape index (κ1) is 30.9. The molecule has 206 valence electrons. The molecule has 4 nitrogen and oxygen atoms in total. The van der Waals surface area contributed by atoms with Gasteiger partial charge in [0.25, 0.3) is 0 Å². The lowest BCUT2D eigenvalue weighted by Crippen LogP contribution is -2.43. The summed E-state index contributed by atoms with van der Waals surface area (Å²) in [6.07, 6.45) is 13.3. The molecule has 37 heavy (non-hydrogen) atoms. The molecule has 1 aliphatic carbocycles. The van der Waals surface area contributed by atoms with Crippen LogP contribution in [0.25, 0.3) is 0 Å². The zero-order valence-electron chi connectivity index (χ0n) is 24.4. The molecule has 0 heterocycles. The van der Waals surface area contributed by atoms with Crippen molar-refractivity contribution < 1.29 is 19.1 Å². The third-order valence-corrected chi connectivity index (χ3v) is 7.56. The third kappa shape index (κ3) is 7.40. The lowest BCUT2D eigenvalue weighted by atomic mass is 9.82. The molecule has 2 rings (SSSR count). The van der Waals surface area contributed by atoms with E-state index in [1.807, 2.05) is 0 Å². The van der Waals surface area contributed by atoms with Crippen molar-refractivity contribution >= 4 is 11.9 Å². The summed E-state index contributed by atoms with van der Waals surface area (Å²) >= 11 is 0. The van der Waals surface area contributed by atoms with E-state index in [1.165, 1.54) is 33.4 Å². The van der Waals surface area contributed by atoms with E-state index in [0.717, 1.165) is 77.0 Å². The van der Waals surface area contributed by atoms with Crippen LogP contribution in [0.2, 0.25) is 0 Å². The maximum absolute atomic E-state index is 13.4. The van der Waals surface area contributed by atoms with Gasteiger partial charge < -0.3 is 9.47 Å². The molecule has 1 aromatic carbocycles. The van der Waals surface area contributed by atoms with Crippen LogP contribution in [0.3, 0.4) is 0 Å². The van der Waals surface area contributed by atoms with E-state index in [0.29, 0.717) is 12.8 Å². The number of ether oxygens (including phenoxy) is 2. The fourth-order valence-electron chi connectivity index (χ4n) is 5.51. The molecule has 0 saturated heterocycles. The maximum Gasteiger partial charge on any atom is 0.324 e. The minimum Gasteiger partial charge on any atom is -0.465 e.